The van der Waals surface area contributed by atoms with E-state index in [9.17, 15) is 0 Å². The molecule has 0 bridgehead atoms. The molecule has 0 aromatic heterocycles. The van der Waals surface area contributed by atoms with Gasteiger partial charge in [-0.15, -0.1) is 0 Å². The van der Waals surface area contributed by atoms with Crippen LogP contribution >= 0.6 is 133 Å². The van der Waals surface area contributed by atoms with Gasteiger partial charge >= 0.3 is 0 Å². The van der Waals surface area contributed by atoms with Gasteiger partial charge < -0.3 is 35.4 Å². The summed E-state index contributed by atoms with van der Waals surface area (Å²) < 4.78 is 4.71. The second kappa shape index (κ2) is 67.8. The Kier molecular flexibility index (Phi) is 70.3. The second-order valence-corrected chi connectivity index (χ2v) is 28.5. The number of aliphatic hydroxyl groups excluding tert-OH is 6. The first kappa shape index (κ1) is 87.1. The summed E-state index contributed by atoms with van der Waals surface area (Å²) in [5.41, 5.74) is 2.64. The van der Waals surface area contributed by atoms with Gasteiger partial charge in [-0.3, -0.25) is 0 Å². The van der Waals surface area contributed by atoms with Crippen molar-refractivity contribution >= 4 is 133 Å². The molecule has 1 saturated heterocycles. The van der Waals surface area contributed by atoms with Gasteiger partial charge in [0.1, 0.15) is 0 Å². The molecule has 0 amide bonds. The van der Waals surface area contributed by atoms with Crippen molar-refractivity contribution in [1.29, 1.82) is 0 Å². The standard InChI is InChI=1S/2C12H10S.2C7H8.3C5H12O2S.2C5H12S3.C3H6O/c2*1-3-7-11(8-4-1)13-12-9-5-2-6-10-12;2*1-7-5-3-2-4-6-7;3*1-5(7)4-8-3-2-6;2*1-5(4-7)8-3-2-6;1-3-2-4-3/h2*1-10H;2*2-6H,1H3;5*5-7H,2-4H2,1H3;3H,2H2,1H3. The third-order valence-corrected chi connectivity index (χ3v) is 19.7. The summed E-state index contributed by atoms with van der Waals surface area (Å²) in [6.07, 6.45) is -0.148. The lowest BCUT2D eigenvalue weighted by Crippen LogP contribution is -2.03. The fraction of sp³-hybridized carbons (Fsp3) is 0.455. The van der Waals surface area contributed by atoms with Crippen molar-refractivity contribution in [3.05, 3.63) is 193 Å². The van der Waals surface area contributed by atoms with Crippen molar-refractivity contribution < 1.29 is 35.4 Å². The molecule has 6 aromatic carbocycles. The number of aryl methyl sites for hydroxylation is 2. The quantitative estimate of drug-likeness (QED) is 0.0160. The molecule has 0 saturated carbocycles. The summed E-state index contributed by atoms with van der Waals surface area (Å²) in [7, 11) is 0. The van der Waals surface area contributed by atoms with Crippen molar-refractivity contribution in [2.45, 2.75) is 110 Å². The van der Waals surface area contributed by atoms with Gasteiger partial charge in [-0.1, -0.05) is 182 Å². The third kappa shape index (κ3) is 71.6. The molecule has 7 rings (SSSR count). The first-order valence-corrected chi connectivity index (χ1v) is 37.7. The van der Waals surface area contributed by atoms with Crippen molar-refractivity contribution in [2.75, 3.05) is 95.5 Å². The van der Waals surface area contributed by atoms with Gasteiger partial charge in [-0.05, 0) is 102 Å². The lowest BCUT2D eigenvalue weighted by Gasteiger charge is -2.03. The molecular formula is C66H102O7S11. The van der Waals surface area contributed by atoms with Gasteiger partial charge in [0.15, 0.2) is 0 Å². The van der Waals surface area contributed by atoms with Crippen LogP contribution in [0.2, 0.25) is 0 Å². The number of thioether (sulfide) groups is 5. The predicted molar refractivity (Wildman–Crippen MR) is 399 cm³/mol. The van der Waals surface area contributed by atoms with Crippen LogP contribution in [0.1, 0.15) is 52.7 Å². The molecule has 0 spiro atoms. The molecule has 7 nitrogen and oxygen atoms in total. The maximum Gasteiger partial charge on any atom is 0.0781 e. The van der Waals surface area contributed by atoms with Crippen LogP contribution in [0.3, 0.4) is 0 Å². The lowest BCUT2D eigenvalue weighted by molar-refractivity contribution is 0.220. The van der Waals surface area contributed by atoms with Crippen LogP contribution in [0.25, 0.3) is 0 Å². The van der Waals surface area contributed by atoms with E-state index in [1.807, 2.05) is 84.2 Å². The number of rotatable bonds is 24. The molecule has 1 aliphatic heterocycles. The molecule has 0 aliphatic carbocycles. The molecule has 6 N–H and O–H groups in total. The predicted octanol–water partition coefficient (Wildman–Crippen LogP) is 16.3. The summed E-state index contributed by atoms with van der Waals surface area (Å²) in [5, 5.41) is 52.2. The third-order valence-electron chi connectivity index (χ3n) is 9.11. The Hall–Kier alpha value is -1.11. The molecule has 6 unspecified atom stereocenters. The van der Waals surface area contributed by atoms with E-state index in [0.717, 1.165) is 75.6 Å². The molecule has 6 aromatic rings. The van der Waals surface area contributed by atoms with E-state index in [2.05, 4.69) is 206 Å². The summed E-state index contributed by atoms with van der Waals surface area (Å²) in [6.45, 7) is 17.4. The SMILES string of the molecule is CC(CS)SCCS.CC(CS)SCCS.CC(O)CSCCO.CC(O)CSCCO.CC(O)CSCCO.CC1CO1.Cc1ccccc1.Cc1ccccc1.c1ccc(Sc2ccccc2)cc1.c1ccc(Sc2ccccc2)cc1. The number of thiol groups is 4. The van der Waals surface area contributed by atoms with Crippen LogP contribution in [0, 0.1) is 13.8 Å². The molecule has 6 atom stereocenters. The number of hydrogen-bond donors (Lipinski definition) is 10. The maximum atomic E-state index is 8.68. The molecule has 1 aliphatic rings. The first-order chi connectivity index (χ1) is 40.5. The normalized spacial score (nSPS) is 13.0. The summed E-state index contributed by atoms with van der Waals surface area (Å²) in [6, 6.07) is 62.1. The van der Waals surface area contributed by atoms with Gasteiger partial charge in [-0.25, -0.2) is 0 Å². The number of benzene rings is 6. The van der Waals surface area contributed by atoms with Gasteiger partial charge in [0.05, 0.1) is 50.8 Å². The van der Waals surface area contributed by atoms with E-state index < -0.39 is 0 Å². The zero-order valence-electron chi connectivity index (χ0n) is 50.8. The molecule has 474 valence electrons. The minimum Gasteiger partial charge on any atom is -0.396 e. The zero-order chi connectivity index (χ0) is 63.1. The number of epoxide rings is 1. The fourth-order valence-electron chi connectivity index (χ4n) is 4.96. The van der Waals surface area contributed by atoms with Crippen LogP contribution in [0.15, 0.2) is 202 Å². The maximum absolute atomic E-state index is 8.68. The molecule has 18 heteroatoms. The smallest absolute Gasteiger partial charge is 0.0781 e. The number of aliphatic hydroxyl groups is 6. The Balaban J connectivity index is -0.000000880. The summed E-state index contributed by atoms with van der Waals surface area (Å²) >= 11 is 28.6. The average molecular weight is 1360 g/mol. The van der Waals surface area contributed by atoms with Crippen LogP contribution < -0.4 is 0 Å². The van der Waals surface area contributed by atoms with E-state index in [1.165, 1.54) is 30.7 Å². The van der Waals surface area contributed by atoms with Crippen LogP contribution in [-0.4, -0.2) is 161 Å². The number of ether oxygens (including phenoxy) is 1. The highest BCUT2D eigenvalue weighted by atomic mass is 32.2. The molecule has 1 fully saturated rings. The topological polar surface area (TPSA) is 134 Å². The molecule has 1 heterocycles. The minimum atomic E-state index is -0.244. The Morgan fingerprint density at radius 1 is 0.405 bits per heavy atom. The Morgan fingerprint density at radius 2 is 0.619 bits per heavy atom. The summed E-state index contributed by atoms with van der Waals surface area (Å²) in [4.78, 5) is 5.14. The van der Waals surface area contributed by atoms with Gasteiger partial charge in [-0.2, -0.15) is 109 Å². The van der Waals surface area contributed by atoms with Crippen molar-refractivity contribution in [2.24, 2.45) is 0 Å². The van der Waals surface area contributed by atoms with Gasteiger partial charge in [0, 0.05) is 87.6 Å². The van der Waals surface area contributed by atoms with E-state index in [0.29, 0.717) is 16.6 Å². The van der Waals surface area contributed by atoms with Crippen LogP contribution in [0.5, 0.6) is 0 Å². The molecular weight excluding hydrogens is 1260 g/mol. The number of hydrogen-bond acceptors (Lipinski definition) is 18. The van der Waals surface area contributed by atoms with Gasteiger partial charge in [0.25, 0.3) is 0 Å². The van der Waals surface area contributed by atoms with E-state index in [4.69, 9.17) is 35.4 Å². The molecule has 0 radical (unpaired) electrons. The highest BCUT2D eigenvalue weighted by molar-refractivity contribution is 8.02. The van der Waals surface area contributed by atoms with Crippen LogP contribution in [-0.2, 0) is 4.74 Å². The van der Waals surface area contributed by atoms with Crippen molar-refractivity contribution in [3.8, 4) is 0 Å². The van der Waals surface area contributed by atoms with E-state index in [-0.39, 0.29) is 38.1 Å². The second-order valence-electron chi connectivity index (χ2n) is 18.0. The van der Waals surface area contributed by atoms with E-state index in [1.54, 1.807) is 79.6 Å². The van der Waals surface area contributed by atoms with Gasteiger partial charge in [0.2, 0.25) is 0 Å². The van der Waals surface area contributed by atoms with E-state index >= 15 is 0 Å². The molecule has 84 heavy (non-hydrogen) atoms. The van der Waals surface area contributed by atoms with Crippen molar-refractivity contribution in [1.82, 2.24) is 0 Å². The highest BCUT2D eigenvalue weighted by Gasteiger charge is 2.13. The monoisotopic (exact) mass is 1360 g/mol. The Labute approximate surface area is 561 Å². The first-order valence-electron chi connectivity index (χ1n) is 28.0. The lowest BCUT2D eigenvalue weighted by atomic mass is 10.2. The van der Waals surface area contributed by atoms with Crippen molar-refractivity contribution in [3.63, 3.8) is 0 Å². The fourth-order valence-corrected chi connectivity index (χ4v) is 11.1. The highest BCUT2D eigenvalue weighted by Crippen LogP contribution is 2.27. The minimum absolute atomic E-state index is 0.206. The van der Waals surface area contributed by atoms with Crippen LogP contribution in [0.4, 0.5) is 0 Å². The Morgan fingerprint density at radius 3 is 0.762 bits per heavy atom. The average Bonchev–Trinajstić information content (AvgIpc) is 4.34. The largest absolute Gasteiger partial charge is 0.396 e. The zero-order valence-corrected chi connectivity index (χ0v) is 60.1. The Bertz CT molecular complexity index is 1910. The summed E-state index contributed by atoms with van der Waals surface area (Å²) in [5.74, 6) is 10.5.